The zero-order chi connectivity index (χ0) is 21.0. The third-order valence-corrected chi connectivity index (χ3v) is 4.20. The summed E-state index contributed by atoms with van der Waals surface area (Å²) >= 11 is 0. The van der Waals surface area contributed by atoms with Crippen molar-refractivity contribution in [1.82, 2.24) is 0 Å². The number of ether oxygens (including phenoxy) is 3. The molecule has 3 aromatic rings. The van der Waals surface area contributed by atoms with Gasteiger partial charge in [-0.15, -0.1) is 0 Å². The molecule has 1 heterocycles. The topological polar surface area (TPSA) is 113 Å². The van der Waals surface area contributed by atoms with E-state index in [4.69, 9.17) is 24.4 Å². The second-order valence-electron chi connectivity index (χ2n) is 5.97. The molecule has 0 radical (unpaired) electrons. The van der Waals surface area contributed by atoms with Crippen molar-refractivity contribution in [3.8, 4) is 17.2 Å². The summed E-state index contributed by atoms with van der Waals surface area (Å²) in [6, 6.07) is 10.2. The second-order valence-corrected chi connectivity index (χ2v) is 5.97. The van der Waals surface area contributed by atoms with Crippen molar-refractivity contribution >= 4 is 34.5 Å². The molecule has 0 saturated carbocycles. The summed E-state index contributed by atoms with van der Waals surface area (Å²) in [4.78, 5) is 24.2. The third-order valence-electron chi connectivity index (χ3n) is 4.20. The highest BCUT2D eigenvalue weighted by Crippen LogP contribution is 2.33. The number of nitrogens with two attached hydrogens (primary N) is 1. The van der Waals surface area contributed by atoms with E-state index in [1.165, 1.54) is 20.3 Å². The lowest BCUT2D eigenvalue weighted by Crippen LogP contribution is -2.15. The molecule has 0 unspecified atom stereocenters. The van der Waals surface area contributed by atoms with E-state index in [0.717, 1.165) is 5.56 Å². The molecule has 2 amide bonds. The van der Waals surface area contributed by atoms with Crippen LogP contribution >= 0.6 is 0 Å². The van der Waals surface area contributed by atoms with Crippen molar-refractivity contribution in [1.29, 1.82) is 0 Å². The largest absolute Gasteiger partial charge is 0.497 e. The summed E-state index contributed by atoms with van der Waals surface area (Å²) in [7, 11) is 4.59. The number of hydrogen-bond donors (Lipinski definition) is 2. The summed E-state index contributed by atoms with van der Waals surface area (Å²) in [5.41, 5.74) is 6.70. The number of hydrogen-bond acceptors (Lipinski definition) is 6. The van der Waals surface area contributed by atoms with Crippen LogP contribution in [0.5, 0.6) is 17.2 Å². The van der Waals surface area contributed by atoms with Crippen LogP contribution in [0.4, 0.5) is 5.69 Å². The van der Waals surface area contributed by atoms with E-state index in [0.29, 0.717) is 28.2 Å². The fourth-order valence-electron chi connectivity index (χ4n) is 2.79. The lowest BCUT2D eigenvalue weighted by atomic mass is 10.1. The van der Waals surface area contributed by atoms with E-state index in [9.17, 15) is 9.59 Å². The van der Waals surface area contributed by atoms with Crippen molar-refractivity contribution in [2.45, 2.75) is 0 Å². The van der Waals surface area contributed by atoms with Gasteiger partial charge in [-0.3, -0.25) is 9.59 Å². The zero-order valence-corrected chi connectivity index (χ0v) is 16.1. The first kappa shape index (κ1) is 19.8. The highest BCUT2D eigenvalue weighted by Gasteiger charge is 2.20. The average Bonchev–Trinajstić information content (AvgIpc) is 3.09. The maximum Gasteiger partial charge on any atom is 0.286 e. The van der Waals surface area contributed by atoms with Crippen LogP contribution in [0.1, 0.15) is 16.1 Å². The summed E-state index contributed by atoms with van der Waals surface area (Å²) in [5, 5.41) is 3.19. The molecule has 0 saturated heterocycles. The van der Waals surface area contributed by atoms with Gasteiger partial charge in [-0.2, -0.15) is 0 Å². The molecule has 0 aliphatic carbocycles. The molecule has 8 heteroatoms. The molecule has 0 bridgehead atoms. The van der Waals surface area contributed by atoms with E-state index in [2.05, 4.69) is 5.32 Å². The Morgan fingerprint density at radius 2 is 1.76 bits per heavy atom. The van der Waals surface area contributed by atoms with Crippen molar-refractivity contribution < 1.29 is 28.2 Å². The molecular weight excluding hydrogens is 376 g/mol. The van der Waals surface area contributed by atoms with E-state index >= 15 is 0 Å². The van der Waals surface area contributed by atoms with Gasteiger partial charge in [-0.25, -0.2) is 0 Å². The molecule has 2 aromatic carbocycles. The molecule has 29 heavy (non-hydrogen) atoms. The third kappa shape index (κ3) is 4.16. The van der Waals surface area contributed by atoms with Gasteiger partial charge in [-0.05, 0) is 35.9 Å². The summed E-state index contributed by atoms with van der Waals surface area (Å²) < 4.78 is 21.1. The number of rotatable bonds is 7. The first-order valence-electron chi connectivity index (χ1n) is 8.58. The van der Waals surface area contributed by atoms with Gasteiger partial charge >= 0.3 is 0 Å². The Morgan fingerprint density at radius 3 is 2.41 bits per heavy atom. The molecule has 0 atom stereocenters. The second kappa shape index (κ2) is 8.39. The SMILES string of the molecule is COc1ccc2c(NC(=O)C=Cc3ccc(OC)c(OC)c3)c(C(N)=O)oc2c1. The van der Waals surface area contributed by atoms with Crippen LogP contribution in [-0.4, -0.2) is 33.1 Å². The Bertz CT molecular complexity index is 1100. The van der Waals surface area contributed by atoms with Crippen LogP contribution in [0.25, 0.3) is 17.0 Å². The Labute approximate surface area is 166 Å². The Morgan fingerprint density at radius 1 is 1.00 bits per heavy atom. The van der Waals surface area contributed by atoms with Gasteiger partial charge in [0.05, 0.1) is 21.3 Å². The highest BCUT2D eigenvalue weighted by atomic mass is 16.5. The molecule has 1 aromatic heterocycles. The molecule has 0 aliphatic heterocycles. The number of nitrogens with one attached hydrogen (secondary N) is 1. The van der Waals surface area contributed by atoms with E-state index < -0.39 is 11.8 Å². The summed E-state index contributed by atoms with van der Waals surface area (Å²) in [6.07, 6.45) is 2.93. The Balaban J connectivity index is 1.87. The summed E-state index contributed by atoms with van der Waals surface area (Å²) in [6.45, 7) is 0. The minimum Gasteiger partial charge on any atom is -0.497 e. The number of carbonyl (C=O) groups is 2. The number of methoxy groups -OCH3 is 3. The number of anilines is 1. The minimum absolute atomic E-state index is 0.138. The highest BCUT2D eigenvalue weighted by molar-refractivity contribution is 6.13. The number of carbonyl (C=O) groups excluding carboxylic acids is 2. The van der Waals surface area contributed by atoms with Crippen LogP contribution in [0.2, 0.25) is 0 Å². The number of fused-ring (bicyclic) bond motifs is 1. The van der Waals surface area contributed by atoms with Gasteiger partial charge in [0.25, 0.3) is 5.91 Å². The smallest absolute Gasteiger partial charge is 0.286 e. The molecule has 8 nitrogen and oxygen atoms in total. The van der Waals surface area contributed by atoms with Gasteiger partial charge in [0, 0.05) is 17.5 Å². The lowest BCUT2D eigenvalue weighted by molar-refractivity contribution is -0.111. The quantitative estimate of drug-likeness (QED) is 0.593. The van der Waals surface area contributed by atoms with Crippen LogP contribution in [0.15, 0.2) is 46.9 Å². The zero-order valence-electron chi connectivity index (χ0n) is 16.1. The van der Waals surface area contributed by atoms with Crippen LogP contribution < -0.4 is 25.3 Å². The van der Waals surface area contributed by atoms with E-state index in [1.807, 2.05) is 0 Å². The minimum atomic E-state index is -0.792. The van der Waals surface area contributed by atoms with E-state index in [-0.39, 0.29) is 11.4 Å². The number of furan rings is 1. The molecule has 0 aliphatic rings. The first-order chi connectivity index (χ1) is 14.0. The first-order valence-corrected chi connectivity index (χ1v) is 8.58. The van der Waals surface area contributed by atoms with Gasteiger partial charge in [0.2, 0.25) is 11.7 Å². The number of primary amides is 1. The van der Waals surface area contributed by atoms with Crippen molar-refractivity contribution in [2.75, 3.05) is 26.6 Å². The molecular formula is C21H20N2O6. The molecule has 3 N–H and O–H groups in total. The maximum absolute atomic E-state index is 12.4. The predicted octanol–water partition coefficient (Wildman–Crippen LogP) is 3.21. The standard InChI is InChI=1S/C21H20N2O6/c1-26-13-6-7-14-16(11-13)29-20(21(22)25)19(14)23-18(24)9-5-12-4-8-15(27-2)17(10-12)28-3/h4-11H,1-3H3,(H2,22,25)(H,23,24). The predicted molar refractivity (Wildman–Crippen MR) is 108 cm³/mol. The van der Waals surface area contributed by atoms with Crippen molar-refractivity contribution in [3.63, 3.8) is 0 Å². The normalized spacial score (nSPS) is 10.9. The van der Waals surface area contributed by atoms with Gasteiger partial charge in [0.15, 0.2) is 11.5 Å². The van der Waals surface area contributed by atoms with Crippen LogP contribution in [0.3, 0.4) is 0 Å². The van der Waals surface area contributed by atoms with Crippen LogP contribution in [-0.2, 0) is 4.79 Å². The van der Waals surface area contributed by atoms with E-state index in [1.54, 1.807) is 49.6 Å². The van der Waals surface area contributed by atoms with Gasteiger partial charge in [0.1, 0.15) is 17.0 Å². The fraction of sp³-hybridized carbons (Fsp3) is 0.143. The average molecular weight is 396 g/mol. The Hall–Kier alpha value is -3.94. The van der Waals surface area contributed by atoms with Gasteiger partial charge in [-0.1, -0.05) is 6.07 Å². The number of benzene rings is 2. The summed E-state index contributed by atoms with van der Waals surface area (Å²) in [5.74, 6) is 0.288. The molecule has 0 fully saturated rings. The molecule has 3 rings (SSSR count). The molecule has 0 spiro atoms. The van der Waals surface area contributed by atoms with Crippen molar-refractivity contribution in [2.24, 2.45) is 5.73 Å². The van der Waals surface area contributed by atoms with Crippen LogP contribution in [0, 0.1) is 0 Å². The van der Waals surface area contributed by atoms with Crippen molar-refractivity contribution in [3.05, 3.63) is 53.8 Å². The maximum atomic E-state index is 12.4. The van der Waals surface area contributed by atoms with Gasteiger partial charge < -0.3 is 29.7 Å². The fourth-order valence-corrected chi connectivity index (χ4v) is 2.79. The Kier molecular flexibility index (Phi) is 5.73. The lowest BCUT2D eigenvalue weighted by Gasteiger charge is -2.07. The molecule has 150 valence electrons. The monoisotopic (exact) mass is 396 g/mol. The number of amides is 2.